The van der Waals surface area contributed by atoms with Crippen LogP contribution < -0.4 is 5.56 Å². The Kier molecular flexibility index (Phi) is 10.00. The molecule has 184 valence electrons. The van der Waals surface area contributed by atoms with Gasteiger partial charge in [0, 0.05) is 19.5 Å². The molecule has 2 aromatic rings. The molecule has 0 aliphatic heterocycles. The van der Waals surface area contributed by atoms with Crippen molar-refractivity contribution < 1.29 is 24.2 Å². The SMILES string of the molecule is CCCC(=O)OC[C@H](O)CN(Cc1nc2sc(C(=O)OC(C)C)c(C)c2c(=O)[nH]1)CC(C)C. The van der Waals surface area contributed by atoms with Gasteiger partial charge in [0.15, 0.2) is 0 Å². The Labute approximate surface area is 198 Å². The number of aromatic nitrogens is 2. The summed E-state index contributed by atoms with van der Waals surface area (Å²) in [6, 6.07) is 0. The third-order valence-corrected chi connectivity index (χ3v) is 5.90. The number of nitrogens with zero attached hydrogens (tertiary/aromatic N) is 2. The van der Waals surface area contributed by atoms with Crippen molar-refractivity contribution in [1.29, 1.82) is 0 Å². The van der Waals surface area contributed by atoms with Crippen molar-refractivity contribution in [3.05, 3.63) is 26.6 Å². The van der Waals surface area contributed by atoms with Gasteiger partial charge < -0.3 is 19.6 Å². The Morgan fingerprint density at radius 1 is 1.21 bits per heavy atom. The number of hydrogen-bond acceptors (Lipinski definition) is 9. The molecule has 0 fully saturated rings. The summed E-state index contributed by atoms with van der Waals surface area (Å²) in [5.74, 6) is -0.0538. The van der Waals surface area contributed by atoms with Gasteiger partial charge in [-0.05, 0) is 38.7 Å². The Morgan fingerprint density at radius 3 is 2.52 bits per heavy atom. The van der Waals surface area contributed by atoms with Crippen LogP contribution in [0.15, 0.2) is 4.79 Å². The average molecular weight is 482 g/mol. The molecule has 0 aromatic carbocycles. The van der Waals surface area contributed by atoms with E-state index in [9.17, 15) is 19.5 Å². The molecule has 33 heavy (non-hydrogen) atoms. The molecule has 2 N–H and O–H groups in total. The van der Waals surface area contributed by atoms with Crippen LogP contribution in [0.2, 0.25) is 0 Å². The minimum absolute atomic E-state index is 0.0815. The summed E-state index contributed by atoms with van der Waals surface area (Å²) in [5.41, 5.74) is 0.246. The van der Waals surface area contributed by atoms with Crippen LogP contribution in [0.4, 0.5) is 0 Å². The zero-order chi connectivity index (χ0) is 24.7. The maximum absolute atomic E-state index is 12.8. The van der Waals surface area contributed by atoms with Crippen LogP contribution in [0.5, 0.6) is 0 Å². The number of carbonyl (C=O) groups is 2. The van der Waals surface area contributed by atoms with E-state index in [-0.39, 0.29) is 30.8 Å². The molecule has 9 nitrogen and oxygen atoms in total. The quantitative estimate of drug-likeness (QED) is 0.444. The van der Waals surface area contributed by atoms with E-state index in [4.69, 9.17) is 9.47 Å². The van der Waals surface area contributed by atoms with Crippen LogP contribution in [0.1, 0.15) is 68.5 Å². The van der Waals surface area contributed by atoms with Crippen molar-refractivity contribution >= 4 is 33.5 Å². The van der Waals surface area contributed by atoms with Crippen LogP contribution in [0.25, 0.3) is 10.2 Å². The summed E-state index contributed by atoms with van der Waals surface area (Å²) in [5, 5.41) is 10.8. The molecule has 0 saturated heterocycles. The second kappa shape index (κ2) is 12.2. The van der Waals surface area contributed by atoms with Gasteiger partial charge in [-0.15, -0.1) is 11.3 Å². The lowest BCUT2D eigenvalue weighted by molar-refractivity contribution is -0.147. The van der Waals surface area contributed by atoms with E-state index in [1.54, 1.807) is 20.8 Å². The van der Waals surface area contributed by atoms with Gasteiger partial charge in [0.25, 0.3) is 5.56 Å². The molecule has 1 atom stereocenters. The number of aryl methyl sites for hydroxylation is 1. The first kappa shape index (κ1) is 26.9. The number of fused-ring (bicyclic) bond motifs is 1. The Bertz CT molecular complexity index is 1010. The lowest BCUT2D eigenvalue weighted by Gasteiger charge is -2.26. The average Bonchev–Trinajstić information content (AvgIpc) is 3.02. The van der Waals surface area contributed by atoms with Crippen LogP contribution in [-0.4, -0.2) is 63.8 Å². The minimum atomic E-state index is -0.860. The van der Waals surface area contributed by atoms with Gasteiger partial charge in [-0.25, -0.2) is 9.78 Å². The molecule has 2 aromatic heterocycles. The van der Waals surface area contributed by atoms with Crippen LogP contribution in [0, 0.1) is 12.8 Å². The molecule has 0 aliphatic rings. The Balaban J connectivity index is 2.21. The van der Waals surface area contributed by atoms with Crippen molar-refractivity contribution in [1.82, 2.24) is 14.9 Å². The fraction of sp³-hybridized carbons (Fsp3) is 0.652. The van der Waals surface area contributed by atoms with Crippen molar-refractivity contribution in [2.75, 3.05) is 19.7 Å². The maximum Gasteiger partial charge on any atom is 0.348 e. The van der Waals surface area contributed by atoms with Crippen LogP contribution in [0.3, 0.4) is 0 Å². The van der Waals surface area contributed by atoms with E-state index in [1.807, 2.05) is 11.8 Å². The normalized spacial score (nSPS) is 12.7. The zero-order valence-corrected chi connectivity index (χ0v) is 21.1. The molecule has 0 bridgehead atoms. The van der Waals surface area contributed by atoms with Crippen molar-refractivity contribution in [2.45, 2.75) is 73.1 Å². The molecule has 2 rings (SSSR count). The van der Waals surface area contributed by atoms with E-state index in [0.29, 0.717) is 58.3 Å². The van der Waals surface area contributed by atoms with E-state index in [2.05, 4.69) is 23.8 Å². The van der Waals surface area contributed by atoms with Gasteiger partial charge in [-0.1, -0.05) is 20.8 Å². The first-order valence-electron chi connectivity index (χ1n) is 11.3. The van der Waals surface area contributed by atoms with Crippen LogP contribution in [-0.2, 0) is 20.8 Å². The first-order chi connectivity index (χ1) is 15.5. The number of aliphatic hydroxyl groups is 1. The topological polar surface area (TPSA) is 122 Å². The molecule has 0 radical (unpaired) electrons. The third-order valence-electron chi connectivity index (χ3n) is 4.73. The number of aliphatic hydroxyl groups excluding tert-OH is 1. The number of rotatable bonds is 12. The monoisotopic (exact) mass is 481 g/mol. The maximum atomic E-state index is 12.8. The molecule has 0 unspecified atom stereocenters. The second-order valence-electron chi connectivity index (χ2n) is 8.88. The Hall–Kier alpha value is -2.30. The number of thiophene rings is 1. The molecule has 0 spiro atoms. The summed E-state index contributed by atoms with van der Waals surface area (Å²) in [6.45, 7) is 12.4. The zero-order valence-electron chi connectivity index (χ0n) is 20.3. The summed E-state index contributed by atoms with van der Waals surface area (Å²) >= 11 is 1.14. The van der Waals surface area contributed by atoms with Crippen LogP contribution >= 0.6 is 11.3 Å². The second-order valence-corrected chi connectivity index (χ2v) is 9.88. The predicted octanol–water partition coefficient (Wildman–Crippen LogP) is 3.02. The van der Waals surface area contributed by atoms with Crippen molar-refractivity contribution in [2.24, 2.45) is 5.92 Å². The molecular formula is C23H35N3O6S. The summed E-state index contributed by atoms with van der Waals surface area (Å²) < 4.78 is 10.4. The number of H-pyrrole nitrogens is 1. The number of nitrogens with one attached hydrogen (secondary N) is 1. The van der Waals surface area contributed by atoms with Gasteiger partial charge in [0.2, 0.25) is 0 Å². The number of carbonyl (C=O) groups excluding carboxylic acids is 2. The first-order valence-corrected chi connectivity index (χ1v) is 12.1. The number of ether oxygens (including phenoxy) is 2. The highest BCUT2D eigenvalue weighted by Gasteiger charge is 2.22. The lowest BCUT2D eigenvalue weighted by Crippen LogP contribution is -2.38. The summed E-state index contributed by atoms with van der Waals surface area (Å²) in [6.07, 6.45) is -0.113. The highest BCUT2D eigenvalue weighted by molar-refractivity contribution is 7.20. The fourth-order valence-electron chi connectivity index (χ4n) is 3.47. The van der Waals surface area contributed by atoms with Gasteiger partial charge in [-0.3, -0.25) is 14.5 Å². The highest BCUT2D eigenvalue weighted by atomic mass is 32.1. The van der Waals surface area contributed by atoms with E-state index >= 15 is 0 Å². The third kappa shape index (κ3) is 7.90. The smallest absolute Gasteiger partial charge is 0.348 e. The van der Waals surface area contributed by atoms with Gasteiger partial charge in [0.1, 0.15) is 28.2 Å². The number of hydrogen-bond donors (Lipinski definition) is 2. The predicted molar refractivity (Wildman–Crippen MR) is 128 cm³/mol. The molecule has 0 saturated carbocycles. The standard InChI is InChI=1S/C23H35N3O6S/c1-7-8-18(28)31-12-16(27)10-26(9-13(2)3)11-17-24-21(29)19-15(6)20(33-22(19)25-17)23(30)32-14(4)5/h13-14,16,27H,7-12H2,1-6H3,(H,24,25,29)/t16-/m1/s1. The van der Waals surface area contributed by atoms with Crippen molar-refractivity contribution in [3.63, 3.8) is 0 Å². The molecule has 10 heteroatoms. The number of aromatic amines is 1. The van der Waals surface area contributed by atoms with E-state index in [0.717, 1.165) is 11.3 Å². The highest BCUT2D eigenvalue weighted by Crippen LogP contribution is 2.28. The number of esters is 2. The van der Waals surface area contributed by atoms with Gasteiger partial charge in [0.05, 0.1) is 18.0 Å². The molecule has 0 amide bonds. The lowest BCUT2D eigenvalue weighted by atomic mass is 10.2. The molecule has 2 heterocycles. The summed E-state index contributed by atoms with van der Waals surface area (Å²) in [7, 11) is 0. The van der Waals surface area contributed by atoms with E-state index in [1.165, 1.54) is 0 Å². The van der Waals surface area contributed by atoms with Gasteiger partial charge >= 0.3 is 11.9 Å². The van der Waals surface area contributed by atoms with E-state index < -0.39 is 12.1 Å². The van der Waals surface area contributed by atoms with Crippen molar-refractivity contribution in [3.8, 4) is 0 Å². The largest absolute Gasteiger partial charge is 0.463 e. The molecule has 0 aliphatic carbocycles. The minimum Gasteiger partial charge on any atom is -0.463 e. The molecular weight excluding hydrogens is 446 g/mol. The van der Waals surface area contributed by atoms with Gasteiger partial charge in [-0.2, -0.15) is 0 Å². The summed E-state index contributed by atoms with van der Waals surface area (Å²) in [4.78, 5) is 46.9. The Morgan fingerprint density at radius 2 is 1.91 bits per heavy atom. The fourth-order valence-corrected chi connectivity index (χ4v) is 4.56.